The van der Waals surface area contributed by atoms with Crippen LogP contribution in [0.2, 0.25) is 0 Å². The Kier molecular flexibility index (Phi) is 1.67. The highest BCUT2D eigenvalue weighted by molar-refractivity contribution is 5.31. The fourth-order valence-electron chi connectivity index (χ4n) is 1.18. The van der Waals surface area contributed by atoms with Crippen LogP contribution in [0.5, 0.6) is 0 Å². The third-order valence-electron chi connectivity index (χ3n) is 2.13. The van der Waals surface area contributed by atoms with E-state index in [9.17, 15) is 0 Å². The first-order valence-corrected chi connectivity index (χ1v) is 3.49. The fourth-order valence-corrected chi connectivity index (χ4v) is 1.18. The molecule has 0 unspecified atom stereocenters. The van der Waals surface area contributed by atoms with Gasteiger partial charge in [-0.25, -0.2) is 0 Å². The predicted octanol–water partition coefficient (Wildman–Crippen LogP) is 0.896. The molecule has 0 radical (unpaired) electrons. The lowest BCUT2D eigenvalue weighted by molar-refractivity contribution is 0.506. The molecule has 10 heavy (non-hydrogen) atoms. The van der Waals surface area contributed by atoms with Crippen LogP contribution in [-0.2, 0) is 0 Å². The normalized spacial score (nSPS) is 25.0. The van der Waals surface area contributed by atoms with Gasteiger partial charge in [0.1, 0.15) is 5.66 Å². The van der Waals surface area contributed by atoms with Gasteiger partial charge in [-0.3, -0.25) is 0 Å². The summed E-state index contributed by atoms with van der Waals surface area (Å²) >= 11 is 0. The Balaban J connectivity index is 2.83. The molecule has 0 spiro atoms. The summed E-state index contributed by atoms with van der Waals surface area (Å²) in [4.78, 5) is 0. The van der Waals surface area contributed by atoms with E-state index in [1.165, 1.54) is 0 Å². The van der Waals surface area contributed by atoms with Crippen molar-refractivity contribution in [2.24, 2.45) is 11.5 Å². The standard InChI is InChI=1S/C8H14N2/c1-6-4-3-5-7(2)8(6,9)10/h1-5,9-10H2. The Labute approximate surface area is 61.6 Å². The lowest BCUT2D eigenvalue weighted by Gasteiger charge is -2.33. The van der Waals surface area contributed by atoms with Crippen LogP contribution >= 0.6 is 0 Å². The van der Waals surface area contributed by atoms with Crippen molar-refractivity contribution in [2.45, 2.75) is 24.9 Å². The zero-order chi connectivity index (χ0) is 7.78. The van der Waals surface area contributed by atoms with Crippen LogP contribution in [0.25, 0.3) is 0 Å². The molecule has 1 aliphatic carbocycles. The van der Waals surface area contributed by atoms with Crippen LogP contribution < -0.4 is 11.5 Å². The Morgan fingerprint density at radius 3 is 1.80 bits per heavy atom. The number of hydrogen-bond acceptors (Lipinski definition) is 2. The Hall–Kier alpha value is -0.600. The fraction of sp³-hybridized carbons (Fsp3) is 0.500. The van der Waals surface area contributed by atoms with Crippen molar-refractivity contribution in [3.63, 3.8) is 0 Å². The van der Waals surface area contributed by atoms with E-state index < -0.39 is 5.66 Å². The van der Waals surface area contributed by atoms with E-state index in [0.29, 0.717) is 0 Å². The lowest BCUT2D eigenvalue weighted by Crippen LogP contribution is -2.53. The molecule has 1 saturated carbocycles. The second-order valence-corrected chi connectivity index (χ2v) is 2.93. The highest BCUT2D eigenvalue weighted by atomic mass is 15.0. The van der Waals surface area contributed by atoms with Gasteiger partial charge in [0.15, 0.2) is 0 Å². The summed E-state index contributed by atoms with van der Waals surface area (Å²) in [5.41, 5.74) is 12.5. The minimum absolute atomic E-state index is 0.793. The highest BCUT2D eigenvalue weighted by Gasteiger charge is 2.29. The summed E-state index contributed by atoms with van der Waals surface area (Å²) in [6, 6.07) is 0. The van der Waals surface area contributed by atoms with Crippen LogP contribution in [0, 0.1) is 0 Å². The van der Waals surface area contributed by atoms with Crippen molar-refractivity contribution in [3.05, 3.63) is 24.3 Å². The molecule has 2 nitrogen and oxygen atoms in total. The van der Waals surface area contributed by atoms with Gasteiger partial charge >= 0.3 is 0 Å². The van der Waals surface area contributed by atoms with Gasteiger partial charge in [0.25, 0.3) is 0 Å². The van der Waals surface area contributed by atoms with Crippen LogP contribution in [0.15, 0.2) is 24.3 Å². The summed E-state index contributed by atoms with van der Waals surface area (Å²) in [5.74, 6) is 0. The van der Waals surface area contributed by atoms with Gasteiger partial charge in [0.2, 0.25) is 0 Å². The molecule has 1 fully saturated rings. The molecule has 0 atom stereocenters. The Morgan fingerprint density at radius 1 is 1.10 bits per heavy atom. The third-order valence-corrected chi connectivity index (χ3v) is 2.13. The van der Waals surface area contributed by atoms with Crippen LogP contribution in [0.4, 0.5) is 0 Å². The topological polar surface area (TPSA) is 52.0 Å². The molecule has 2 heteroatoms. The van der Waals surface area contributed by atoms with E-state index in [4.69, 9.17) is 11.5 Å². The summed E-state index contributed by atoms with van der Waals surface area (Å²) in [6.45, 7) is 7.61. The molecule has 0 aromatic rings. The first-order valence-electron chi connectivity index (χ1n) is 3.49. The molecule has 0 aromatic carbocycles. The average Bonchev–Trinajstić information content (AvgIpc) is 1.84. The van der Waals surface area contributed by atoms with E-state index in [-0.39, 0.29) is 0 Å². The molecule has 1 aliphatic rings. The lowest BCUT2D eigenvalue weighted by atomic mass is 9.83. The molecule has 1 rings (SSSR count). The zero-order valence-electron chi connectivity index (χ0n) is 6.19. The van der Waals surface area contributed by atoms with Crippen molar-refractivity contribution in [2.75, 3.05) is 0 Å². The largest absolute Gasteiger partial charge is 0.306 e. The molecule has 0 aliphatic heterocycles. The smallest absolute Gasteiger partial charge is 0.108 e. The van der Waals surface area contributed by atoms with Gasteiger partial charge in [0, 0.05) is 0 Å². The SMILES string of the molecule is C=C1CCCC(=C)C1(N)N. The second kappa shape index (κ2) is 2.22. The van der Waals surface area contributed by atoms with Crippen molar-refractivity contribution in [1.29, 1.82) is 0 Å². The van der Waals surface area contributed by atoms with Gasteiger partial charge < -0.3 is 11.5 Å². The van der Waals surface area contributed by atoms with Crippen LogP contribution in [0.1, 0.15) is 19.3 Å². The first kappa shape index (κ1) is 7.51. The number of rotatable bonds is 0. The summed E-state index contributed by atoms with van der Waals surface area (Å²) in [6.07, 6.45) is 2.96. The summed E-state index contributed by atoms with van der Waals surface area (Å²) < 4.78 is 0. The monoisotopic (exact) mass is 138 g/mol. The number of hydrogen-bond donors (Lipinski definition) is 2. The van der Waals surface area contributed by atoms with Crippen LogP contribution in [0.3, 0.4) is 0 Å². The van der Waals surface area contributed by atoms with E-state index in [2.05, 4.69) is 13.2 Å². The van der Waals surface area contributed by atoms with E-state index in [1.54, 1.807) is 0 Å². The van der Waals surface area contributed by atoms with Gasteiger partial charge in [-0.15, -0.1) is 0 Å². The maximum atomic E-state index is 5.74. The Bertz CT molecular complexity index is 162. The van der Waals surface area contributed by atoms with E-state index >= 15 is 0 Å². The minimum Gasteiger partial charge on any atom is -0.306 e. The summed E-state index contributed by atoms with van der Waals surface area (Å²) in [7, 11) is 0. The van der Waals surface area contributed by atoms with Gasteiger partial charge in [-0.05, 0) is 30.4 Å². The average molecular weight is 138 g/mol. The molecule has 0 amide bonds. The summed E-state index contributed by atoms with van der Waals surface area (Å²) in [5, 5.41) is 0. The van der Waals surface area contributed by atoms with Crippen molar-refractivity contribution >= 4 is 0 Å². The number of nitrogens with two attached hydrogens (primary N) is 2. The van der Waals surface area contributed by atoms with Gasteiger partial charge in [0.05, 0.1) is 0 Å². The molecular weight excluding hydrogens is 124 g/mol. The maximum Gasteiger partial charge on any atom is 0.108 e. The molecule has 4 N–H and O–H groups in total. The van der Waals surface area contributed by atoms with E-state index in [1.807, 2.05) is 0 Å². The van der Waals surface area contributed by atoms with Gasteiger partial charge in [-0.2, -0.15) is 0 Å². The minimum atomic E-state index is -0.793. The molecule has 0 saturated heterocycles. The Morgan fingerprint density at radius 2 is 1.50 bits per heavy atom. The second-order valence-electron chi connectivity index (χ2n) is 2.93. The predicted molar refractivity (Wildman–Crippen MR) is 43.2 cm³/mol. The van der Waals surface area contributed by atoms with Crippen LogP contribution in [-0.4, -0.2) is 5.66 Å². The van der Waals surface area contributed by atoms with Gasteiger partial charge in [-0.1, -0.05) is 13.2 Å². The quantitative estimate of drug-likeness (QED) is 0.386. The van der Waals surface area contributed by atoms with E-state index in [0.717, 1.165) is 30.4 Å². The van der Waals surface area contributed by atoms with Crippen molar-refractivity contribution in [1.82, 2.24) is 0 Å². The molecule has 0 heterocycles. The molecule has 56 valence electrons. The third kappa shape index (κ3) is 1.00. The zero-order valence-corrected chi connectivity index (χ0v) is 6.19. The highest BCUT2D eigenvalue weighted by Crippen LogP contribution is 2.29. The first-order chi connectivity index (χ1) is 4.55. The molecule has 0 bridgehead atoms. The molecular formula is C8H14N2. The van der Waals surface area contributed by atoms with Crippen molar-refractivity contribution in [3.8, 4) is 0 Å². The molecule has 0 aromatic heterocycles. The maximum absolute atomic E-state index is 5.74. The van der Waals surface area contributed by atoms with Crippen molar-refractivity contribution < 1.29 is 0 Å².